The third-order valence-electron chi connectivity index (χ3n) is 5.51. The highest BCUT2D eigenvalue weighted by Crippen LogP contribution is 2.36. The summed E-state index contributed by atoms with van der Waals surface area (Å²) >= 11 is 0. The Bertz CT molecular complexity index is 486. The molecular weight excluding hydrogens is 284 g/mol. The lowest BCUT2D eigenvalue weighted by Crippen LogP contribution is -2.44. The zero-order valence-electron chi connectivity index (χ0n) is 14.7. The summed E-state index contributed by atoms with van der Waals surface area (Å²) in [5, 5.41) is 0. The van der Waals surface area contributed by atoms with Crippen molar-refractivity contribution in [1.29, 1.82) is 0 Å². The van der Waals surface area contributed by atoms with E-state index in [1.807, 2.05) is 0 Å². The van der Waals surface area contributed by atoms with Gasteiger partial charge >= 0.3 is 0 Å². The highest BCUT2D eigenvalue weighted by atomic mass is 16.5. The third kappa shape index (κ3) is 4.27. The summed E-state index contributed by atoms with van der Waals surface area (Å²) in [7, 11) is 0. The van der Waals surface area contributed by atoms with Gasteiger partial charge in [-0.05, 0) is 83.0 Å². The molecule has 0 radical (unpaired) electrons. The van der Waals surface area contributed by atoms with Gasteiger partial charge in [-0.1, -0.05) is 18.2 Å². The second-order valence-corrected chi connectivity index (χ2v) is 7.58. The number of nitrogens with zero attached hydrogens (tertiary/aromatic N) is 1. The molecule has 1 aliphatic carbocycles. The summed E-state index contributed by atoms with van der Waals surface area (Å²) in [6.07, 6.45) is 7.73. The van der Waals surface area contributed by atoms with E-state index in [0.29, 0.717) is 12.0 Å². The molecule has 2 N–H and O–H groups in total. The van der Waals surface area contributed by atoms with Gasteiger partial charge in [-0.3, -0.25) is 0 Å². The lowest BCUT2D eigenvalue weighted by atomic mass is 9.85. The molecule has 3 rings (SSSR count). The topological polar surface area (TPSA) is 38.5 Å². The van der Waals surface area contributed by atoms with Gasteiger partial charge in [0.2, 0.25) is 0 Å². The molecule has 0 unspecified atom stereocenters. The van der Waals surface area contributed by atoms with Crippen LogP contribution in [0.15, 0.2) is 24.3 Å². The number of likely N-dealkylation sites (tertiary alicyclic amines) is 1. The van der Waals surface area contributed by atoms with Gasteiger partial charge in [0.25, 0.3) is 0 Å². The highest BCUT2D eigenvalue weighted by molar-refractivity contribution is 5.36. The van der Waals surface area contributed by atoms with Crippen LogP contribution in [-0.2, 0) is 0 Å². The maximum Gasteiger partial charge on any atom is 0.123 e. The van der Waals surface area contributed by atoms with Gasteiger partial charge in [0.1, 0.15) is 5.75 Å². The van der Waals surface area contributed by atoms with Gasteiger partial charge < -0.3 is 15.4 Å². The largest absolute Gasteiger partial charge is 0.491 e. The van der Waals surface area contributed by atoms with E-state index in [-0.39, 0.29) is 6.10 Å². The molecule has 2 aliphatic rings. The van der Waals surface area contributed by atoms with Crippen LogP contribution in [-0.4, -0.2) is 36.2 Å². The predicted octanol–water partition coefficient (Wildman–Crippen LogP) is 3.92. The molecule has 1 aromatic rings. The summed E-state index contributed by atoms with van der Waals surface area (Å²) in [6, 6.07) is 9.85. The smallest absolute Gasteiger partial charge is 0.123 e. The fourth-order valence-corrected chi connectivity index (χ4v) is 4.22. The van der Waals surface area contributed by atoms with Gasteiger partial charge in [-0.15, -0.1) is 0 Å². The average Bonchev–Trinajstić information content (AvgIpc) is 2.56. The molecule has 1 heterocycles. The number of hydrogen-bond donors (Lipinski definition) is 1. The number of rotatable bonds is 4. The molecular formula is C20H32N2O. The Morgan fingerprint density at radius 1 is 1.00 bits per heavy atom. The van der Waals surface area contributed by atoms with Crippen molar-refractivity contribution in [2.45, 2.75) is 76.5 Å². The fourth-order valence-electron chi connectivity index (χ4n) is 4.22. The van der Waals surface area contributed by atoms with Crippen molar-refractivity contribution in [1.82, 2.24) is 4.90 Å². The first kappa shape index (κ1) is 16.8. The zero-order valence-corrected chi connectivity index (χ0v) is 14.7. The first-order valence-corrected chi connectivity index (χ1v) is 9.38. The molecule has 0 spiro atoms. The maximum absolute atomic E-state index is 6.05. The highest BCUT2D eigenvalue weighted by Gasteiger charge is 2.29. The normalized spacial score (nSPS) is 27.3. The van der Waals surface area contributed by atoms with Crippen molar-refractivity contribution in [3.63, 3.8) is 0 Å². The van der Waals surface area contributed by atoms with Gasteiger partial charge in [-0.2, -0.15) is 0 Å². The standard InChI is InChI=1S/C20H32N2O/c1-15(2)23-20-6-4-3-5-19(20)16-11-13-22(14-12-16)18-9-7-17(21)8-10-18/h3-6,15-18H,7-14,21H2,1-2H3. The van der Waals surface area contributed by atoms with Gasteiger partial charge in [0.05, 0.1) is 6.10 Å². The molecule has 1 saturated carbocycles. The van der Waals surface area contributed by atoms with E-state index in [9.17, 15) is 0 Å². The first-order valence-electron chi connectivity index (χ1n) is 9.38. The van der Waals surface area contributed by atoms with Crippen LogP contribution >= 0.6 is 0 Å². The van der Waals surface area contributed by atoms with Crippen LogP contribution in [0.3, 0.4) is 0 Å². The number of benzene rings is 1. The molecule has 0 aromatic heterocycles. The van der Waals surface area contributed by atoms with E-state index in [4.69, 9.17) is 10.5 Å². The van der Waals surface area contributed by atoms with E-state index >= 15 is 0 Å². The summed E-state index contributed by atoms with van der Waals surface area (Å²) in [6.45, 7) is 6.65. The Kier molecular flexibility index (Phi) is 5.60. The first-order chi connectivity index (χ1) is 11.1. The molecule has 0 amide bonds. The van der Waals surface area contributed by atoms with Crippen LogP contribution < -0.4 is 10.5 Å². The van der Waals surface area contributed by atoms with Crippen molar-refractivity contribution in [3.8, 4) is 5.75 Å². The van der Waals surface area contributed by atoms with Crippen molar-refractivity contribution < 1.29 is 4.74 Å². The SMILES string of the molecule is CC(C)Oc1ccccc1C1CCN(C2CCC(N)CC2)CC1. The third-order valence-corrected chi connectivity index (χ3v) is 5.51. The van der Waals surface area contributed by atoms with E-state index in [1.54, 1.807) is 0 Å². The van der Waals surface area contributed by atoms with Crippen LogP contribution in [0.4, 0.5) is 0 Å². The average molecular weight is 316 g/mol. The Morgan fingerprint density at radius 2 is 1.65 bits per heavy atom. The lowest BCUT2D eigenvalue weighted by Gasteiger charge is -2.40. The van der Waals surface area contributed by atoms with Crippen molar-refractivity contribution in [3.05, 3.63) is 29.8 Å². The van der Waals surface area contributed by atoms with E-state index < -0.39 is 0 Å². The molecule has 1 saturated heterocycles. The lowest BCUT2D eigenvalue weighted by molar-refractivity contribution is 0.116. The minimum absolute atomic E-state index is 0.239. The number of nitrogens with two attached hydrogens (primary N) is 1. The zero-order chi connectivity index (χ0) is 16.2. The quantitative estimate of drug-likeness (QED) is 0.915. The van der Waals surface area contributed by atoms with Crippen LogP contribution in [0.5, 0.6) is 5.75 Å². The maximum atomic E-state index is 6.05. The van der Waals surface area contributed by atoms with E-state index in [2.05, 4.69) is 43.0 Å². The van der Waals surface area contributed by atoms with Crippen LogP contribution in [0.25, 0.3) is 0 Å². The summed E-state index contributed by atoms with van der Waals surface area (Å²) in [5.74, 6) is 1.73. The Hall–Kier alpha value is -1.06. The Labute approximate surface area is 141 Å². The molecule has 2 fully saturated rings. The number of para-hydroxylation sites is 1. The number of ether oxygens (including phenoxy) is 1. The Balaban J connectivity index is 1.59. The molecule has 23 heavy (non-hydrogen) atoms. The molecule has 0 bridgehead atoms. The van der Waals surface area contributed by atoms with Gasteiger partial charge in [-0.25, -0.2) is 0 Å². The van der Waals surface area contributed by atoms with Crippen molar-refractivity contribution in [2.75, 3.05) is 13.1 Å². The summed E-state index contributed by atoms with van der Waals surface area (Å²) in [5.41, 5.74) is 7.46. The van der Waals surface area contributed by atoms with Gasteiger partial charge in [0.15, 0.2) is 0 Å². The molecule has 128 valence electrons. The van der Waals surface area contributed by atoms with Crippen LogP contribution in [0, 0.1) is 0 Å². The summed E-state index contributed by atoms with van der Waals surface area (Å²) in [4.78, 5) is 2.72. The number of hydrogen-bond acceptors (Lipinski definition) is 3. The van der Waals surface area contributed by atoms with Crippen LogP contribution in [0.1, 0.15) is 63.9 Å². The summed E-state index contributed by atoms with van der Waals surface area (Å²) < 4.78 is 6.03. The fraction of sp³-hybridized carbons (Fsp3) is 0.700. The molecule has 3 heteroatoms. The Morgan fingerprint density at radius 3 is 2.30 bits per heavy atom. The van der Waals surface area contributed by atoms with Crippen molar-refractivity contribution >= 4 is 0 Å². The molecule has 3 nitrogen and oxygen atoms in total. The molecule has 0 atom stereocenters. The second-order valence-electron chi connectivity index (χ2n) is 7.58. The van der Waals surface area contributed by atoms with Gasteiger partial charge in [0, 0.05) is 12.1 Å². The molecule has 1 aromatic carbocycles. The second kappa shape index (κ2) is 7.67. The minimum atomic E-state index is 0.239. The van der Waals surface area contributed by atoms with Crippen molar-refractivity contribution in [2.24, 2.45) is 5.73 Å². The monoisotopic (exact) mass is 316 g/mol. The van der Waals surface area contributed by atoms with E-state index in [1.165, 1.54) is 57.2 Å². The van der Waals surface area contributed by atoms with Crippen LogP contribution in [0.2, 0.25) is 0 Å². The minimum Gasteiger partial charge on any atom is -0.491 e. The van der Waals surface area contributed by atoms with E-state index in [0.717, 1.165) is 11.8 Å². The molecule has 1 aliphatic heterocycles. The predicted molar refractivity (Wildman–Crippen MR) is 96.0 cm³/mol. The number of piperidine rings is 1.